The second-order valence-corrected chi connectivity index (χ2v) is 10.8. The first-order chi connectivity index (χ1) is 17.4. The predicted octanol–water partition coefficient (Wildman–Crippen LogP) is 5.34. The maximum Gasteiger partial charge on any atom is 0.332 e. The van der Waals surface area contributed by atoms with Gasteiger partial charge in [0.15, 0.2) is 0 Å². The molecule has 1 unspecified atom stereocenters. The van der Waals surface area contributed by atoms with Crippen molar-refractivity contribution in [1.82, 2.24) is 0 Å². The minimum absolute atomic E-state index is 0.0931. The van der Waals surface area contributed by atoms with E-state index >= 15 is 0 Å². The van der Waals surface area contributed by atoms with E-state index in [0.717, 1.165) is 16.7 Å². The molecular formula is C30H37NO6. The summed E-state index contributed by atoms with van der Waals surface area (Å²) >= 11 is 0. The summed E-state index contributed by atoms with van der Waals surface area (Å²) in [6.45, 7) is 10.3. The van der Waals surface area contributed by atoms with E-state index in [-0.39, 0.29) is 23.7 Å². The Hall–Kier alpha value is -3.61. The van der Waals surface area contributed by atoms with Crippen molar-refractivity contribution in [2.24, 2.45) is 5.92 Å². The predicted molar refractivity (Wildman–Crippen MR) is 144 cm³/mol. The number of carbonyl (C=O) groups is 3. The second-order valence-electron chi connectivity index (χ2n) is 10.8. The lowest BCUT2D eigenvalue weighted by Gasteiger charge is -2.37. The number of hydrogen-bond acceptors (Lipinski definition) is 6. The fraction of sp³-hybridized carbons (Fsp3) is 0.433. The van der Waals surface area contributed by atoms with Crippen molar-refractivity contribution in [2.45, 2.75) is 58.4 Å². The quantitative estimate of drug-likeness (QED) is 0.372. The van der Waals surface area contributed by atoms with Crippen LogP contribution in [0.4, 0.5) is 5.69 Å². The average molecular weight is 508 g/mol. The first-order valence-electron chi connectivity index (χ1n) is 12.4. The zero-order chi connectivity index (χ0) is 27.5. The highest BCUT2D eigenvalue weighted by atomic mass is 16.5. The molecule has 0 fully saturated rings. The van der Waals surface area contributed by atoms with E-state index in [1.54, 1.807) is 30.2 Å². The third-order valence-corrected chi connectivity index (χ3v) is 6.70. The van der Waals surface area contributed by atoms with Crippen LogP contribution < -0.4 is 9.64 Å². The highest BCUT2D eigenvalue weighted by Gasteiger charge is 2.54. The van der Waals surface area contributed by atoms with Crippen LogP contribution in [0.1, 0.15) is 68.1 Å². The molecular weight excluding hydrogens is 470 g/mol. The molecule has 1 heterocycles. The molecule has 0 saturated heterocycles. The van der Waals surface area contributed by atoms with Gasteiger partial charge in [-0.2, -0.15) is 0 Å². The van der Waals surface area contributed by atoms with Gasteiger partial charge in [-0.3, -0.25) is 9.69 Å². The molecule has 0 radical (unpaired) electrons. The highest BCUT2D eigenvalue weighted by molar-refractivity contribution is 6.13. The number of fused-ring (bicyclic) bond motifs is 1. The van der Waals surface area contributed by atoms with Crippen LogP contribution in [0, 0.1) is 5.92 Å². The Bertz CT molecular complexity index is 1220. The Labute approximate surface area is 219 Å². The molecule has 2 aromatic carbocycles. The van der Waals surface area contributed by atoms with Crippen molar-refractivity contribution >= 4 is 29.6 Å². The van der Waals surface area contributed by atoms with Gasteiger partial charge in [0.2, 0.25) is 0 Å². The lowest BCUT2D eigenvalue weighted by atomic mass is 9.83. The highest BCUT2D eigenvalue weighted by Crippen LogP contribution is 2.46. The molecule has 198 valence electrons. The first-order valence-corrected chi connectivity index (χ1v) is 12.4. The molecule has 3 rings (SSSR count). The molecule has 7 heteroatoms. The molecule has 0 aromatic heterocycles. The van der Waals surface area contributed by atoms with Crippen LogP contribution in [-0.4, -0.2) is 44.7 Å². The van der Waals surface area contributed by atoms with E-state index in [2.05, 4.69) is 20.8 Å². The smallest absolute Gasteiger partial charge is 0.332 e. The largest absolute Gasteiger partial charge is 0.496 e. The summed E-state index contributed by atoms with van der Waals surface area (Å²) in [5.41, 5.74) is 2.10. The normalized spacial score (nSPS) is 17.2. The van der Waals surface area contributed by atoms with Crippen LogP contribution in [0.2, 0.25) is 0 Å². The van der Waals surface area contributed by atoms with Crippen LogP contribution in [0.5, 0.6) is 5.75 Å². The molecule has 1 amide bonds. The fourth-order valence-corrected chi connectivity index (χ4v) is 5.13. The minimum atomic E-state index is -1.24. The van der Waals surface area contributed by atoms with Gasteiger partial charge in [-0.1, -0.05) is 52.8 Å². The Morgan fingerprint density at radius 1 is 1.05 bits per heavy atom. The van der Waals surface area contributed by atoms with Gasteiger partial charge in [-0.15, -0.1) is 0 Å². The summed E-state index contributed by atoms with van der Waals surface area (Å²) in [6, 6.07) is 10.9. The van der Waals surface area contributed by atoms with Crippen LogP contribution in [-0.2, 0) is 30.9 Å². The Kier molecular flexibility index (Phi) is 8.16. The van der Waals surface area contributed by atoms with Crippen LogP contribution in [0.25, 0.3) is 6.08 Å². The lowest BCUT2D eigenvalue weighted by molar-refractivity contribution is -0.147. The summed E-state index contributed by atoms with van der Waals surface area (Å²) in [5.74, 6) is -0.587. The van der Waals surface area contributed by atoms with Crippen molar-refractivity contribution < 1.29 is 28.6 Å². The summed E-state index contributed by atoms with van der Waals surface area (Å²) < 4.78 is 15.7. The van der Waals surface area contributed by atoms with Gasteiger partial charge in [0.25, 0.3) is 5.91 Å². The maximum atomic E-state index is 14.3. The van der Waals surface area contributed by atoms with E-state index in [0.29, 0.717) is 23.4 Å². The number of amides is 1. The number of rotatable bonds is 7. The van der Waals surface area contributed by atoms with E-state index in [1.807, 2.05) is 38.1 Å². The molecule has 1 atom stereocenters. The van der Waals surface area contributed by atoms with Crippen LogP contribution in [0.15, 0.2) is 42.5 Å². The molecule has 1 aliphatic heterocycles. The number of nitrogens with zero attached hydrogens (tertiary/aromatic N) is 1. The average Bonchev–Trinajstić information content (AvgIpc) is 3.19. The SMILES string of the molecule is COC(=O)/C=C/c1cccc2c1CC(CC(C)C)(C(=O)OC)N2C(=O)c1ccc(C(C)(C)C)c(OC)c1. The van der Waals surface area contributed by atoms with Gasteiger partial charge < -0.3 is 14.2 Å². The van der Waals surface area contributed by atoms with Crippen molar-refractivity contribution in [3.05, 3.63) is 64.7 Å². The van der Waals surface area contributed by atoms with E-state index in [4.69, 9.17) is 14.2 Å². The minimum Gasteiger partial charge on any atom is -0.496 e. The molecule has 7 nitrogen and oxygen atoms in total. The second kappa shape index (κ2) is 10.8. The molecule has 0 N–H and O–H groups in total. The molecule has 1 aliphatic rings. The number of anilines is 1. The number of hydrogen-bond donors (Lipinski definition) is 0. The zero-order valence-electron chi connectivity index (χ0n) is 23.0. The maximum absolute atomic E-state index is 14.3. The molecule has 37 heavy (non-hydrogen) atoms. The van der Waals surface area contributed by atoms with Crippen LogP contribution in [0.3, 0.4) is 0 Å². The van der Waals surface area contributed by atoms with Crippen molar-refractivity contribution in [3.8, 4) is 5.75 Å². The van der Waals surface area contributed by atoms with Gasteiger partial charge >= 0.3 is 11.9 Å². The van der Waals surface area contributed by atoms with Gasteiger partial charge in [0, 0.05) is 23.7 Å². The van der Waals surface area contributed by atoms with E-state index in [9.17, 15) is 14.4 Å². The Morgan fingerprint density at radius 3 is 2.32 bits per heavy atom. The molecule has 2 aromatic rings. The molecule has 0 bridgehead atoms. The summed E-state index contributed by atoms with van der Waals surface area (Å²) in [4.78, 5) is 41.1. The molecule has 0 aliphatic carbocycles. The summed E-state index contributed by atoms with van der Waals surface area (Å²) in [5, 5.41) is 0. The molecule has 0 saturated carbocycles. The van der Waals surface area contributed by atoms with Crippen LogP contribution >= 0.6 is 0 Å². The summed E-state index contributed by atoms with van der Waals surface area (Å²) in [6.07, 6.45) is 3.64. The summed E-state index contributed by atoms with van der Waals surface area (Å²) in [7, 11) is 4.24. The van der Waals surface area contributed by atoms with E-state index in [1.165, 1.54) is 20.3 Å². The Balaban J connectivity index is 2.24. The van der Waals surface area contributed by atoms with E-state index < -0.39 is 17.5 Å². The van der Waals surface area contributed by atoms with Crippen molar-refractivity contribution in [1.29, 1.82) is 0 Å². The number of carbonyl (C=O) groups excluding carboxylic acids is 3. The van der Waals surface area contributed by atoms with Gasteiger partial charge in [0.05, 0.1) is 21.3 Å². The number of benzene rings is 2. The number of esters is 2. The van der Waals surface area contributed by atoms with Gasteiger partial charge in [-0.25, -0.2) is 9.59 Å². The van der Waals surface area contributed by atoms with Gasteiger partial charge in [-0.05, 0) is 58.7 Å². The number of ether oxygens (including phenoxy) is 3. The van der Waals surface area contributed by atoms with Gasteiger partial charge in [0.1, 0.15) is 11.3 Å². The third kappa shape index (κ3) is 5.41. The topological polar surface area (TPSA) is 82.1 Å². The lowest BCUT2D eigenvalue weighted by Crippen LogP contribution is -2.57. The standard InChI is InChI=1S/C30H37NO6/c1-19(2)17-30(28(34)37-8)18-22-20(13-15-26(32)36-7)10-9-11-24(22)31(30)27(33)21-12-14-23(29(3,4)5)25(16-21)35-6/h9-16,19H,17-18H2,1-8H3/b15-13+. The van der Waals surface area contributed by atoms with Crippen molar-refractivity contribution in [3.63, 3.8) is 0 Å². The van der Waals surface area contributed by atoms with Crippen molar-refractivity contribution in [2.75, 3.05) is 26.2 Å². The Morgan fingerprint density at radius 2 is 1.76 bits per heavy atom. The monoisotopic (exact) mass is 507 g/mol. The number of methoxy groups -OCH3 is 3. The zero-order valence-corrected chi connectivity index (χ0v) is 23.0. The fourth-order valence-electron chi connectivity index (χ4n) is 5.13. The third-order valence-electron chi connectivity index (χ3n) is 6.70. The molecule has 0 spiro atoms. The first kappa shape index (κ1) is 28.0.